The van der Waals surface area contributed by atoms with E-state index in [1.165, 1.54) is 36.4 Å². The molecule has 2 nitrogen and oxygen atoms in total. The molecule has 0 aliphatic rings. The lowest BCUT2D eigenvalue weighted by Crippen LogP contribution is -1.99. The Morgan fingerprint density at radius 2 is 1.79 bits per heavy atom. The summed E-state index contributed by atoms with van der Waals surface area (Å²) in [6, 6.07) is 11.2. The van der Waals surface area contributed by atoms with Crippen LogP contribution in [0.5, 0.6) is 0 Å². The van der Waals surface area contributed by atoms with E-state index in [0.717, 1.165) is 6.07 Å². The Hall–Kier alpha value is -2.49. The smallest absolute Gasteiger partial charge is 0.228 e. The van der Waals surface area contributed by atoms with Crippen molar-refractivity contribution in [3.05, 3.63) is 71.5 Å². The molecule has 4 heteroatoms. The number of para-hydroxylation sites is 1. The second kappa shape index (κ2) is 4.31. The normalized spacial score (nSPS) is 10.8. The number of halogens is 2. The molecule has 1 heterocycles. The fourth-order valence-corrected chi connectivity index (χ4v) is 1.91. The number of furan rings is 1. The predicted octanol–water partition coefficient (Wildman–Crippen LogP) is 3.94. The van der Waals surface area contributed by atoms with Crippen molar-refractivity contribution < 1.29 is 18.0 Å². The fraction of sp³-hybridized carbons (Fsp3) is 0. The second-order valence-corrected chi connectivity index (χ2v) is 4.11. The van der Waals surface area contributed by atoms with Gasteiger partial charge in [0.25, 0.3) is 0 Å². The minimum atomic E-state index is -0.532. The Balaban J connectivity index is 2.09. The third-order valence-corrected chi connectivity index (χ3v) is 2.81. The van der Waals surface area contributed by atoms with E-state index in [-0.39, 0.29) is 16.9 Å². The molecule has 0 spiro atoms. The summed E-state index contributed by atoms with van der Waals surface area (Å²) >= 11 is 0. The Kier molecular flexibility index (Phi) is 2.63. The van der Waals surface area contributed by atoms with Crippen molar-refractivity contribution in [3.8, 4) is 0 Å². The molecule has 0 fully saturated rings. The van der Waals surface area contributed by atoms with Crippen LogP contribution in [0.3, 0.4) is 0 Å². The van der Waals surface area contributed by atoms with Crippen LogP contribution in [-0.4, -0.2) is 5.78 Å². The van der Waals surface area contributed by atoms with Crippen LogP contribution >= 0.6 is 0 Å². The lowest BCUT2D eigenvalue weighted by atomic mass is 10.1. The van der Waals surface area contributed by atoms with Gasteiger partial charge in [-0.3, -0.25) is 4.79 Å². The van der Waals surface area contributed by atoms with E-state index in [0.29, 0.717) is 5.39 Å². The van der Waals surface area contributed by atoms with Crippen molar-refractivity contribution in [2.75, 3.05) is 0 Å². The van der Waals surface area contributed by atoms with Crippen molar-refractivity contribution in [2.24, 2.45) is 0 Å². The number of hydrogen-bond donors (Lipinski definition) is 0. The maximum Gasteiger partial charge on any atom is 0.228 e. The first-order valence-electron chi connectivity index (χ1n) is 5.63. The van der Waals surface area contributed by atoms with Gasteiger partial charge in [0.15, 0.2) is 17.2 Å². The van der Waals surface area contributed by atoms with Gasteiger partial charge in [0, 0.05) is 10.9 Å². The van der Waals surface area contributed by atoms with E-state index < -0.39 is 17.4 Å². The van der Waals surface area contributed by atoms with E-state index in [1.54, 1.807) is 6.07 Å². The Bertz CT molecular complexity index is 775. The molecule has 0 amide bonds. The number of carbonyl (C=O) groups excluding carboxylic acids is 1. The summed E-state index contributed by atoms with van der Waals surface area (Å²) in [5, 5.41) is 0.500. The summed E-state index contributed by atoms with van der Waals surface area (Å²) in [5.74, 6) is -1.52. The summed E-state index contributed by atoms with van der Waals surface area (Å²) in [7, 11) is 0. The Labute approximate surface area is 107 Å². The SMILES string of the molecule is O=C(c1cccc(F)c1)c1cc2cccc(F)c2o1. The molecule has 0 bridgehead atoms. The maximum atomic E-state index is 13.5. The van der Waals surface area contributed by atoms with Crippen molar-refractivity contribution in [1.82, 2.24) is 0 Å². The summed E-state index contributed by atoms with van der Waals surface area (Å²) in [6.07, 6.45) is 0. The van der Waals surface area contributed by atoms with Gasteiger partial charge in [-0.1, -0.05) is 24.3 Å². The fourth-order valence-electron chi connectivity index (χ4n) is 1.91. The van der Waals surface area contributed by atoms with Crippen LogP contribution in [0.2, 0.25) is 0 Å². The molecule has 1 aromatic heterocycles. The quantitative estimate of drug-likeness (QED) is 0.652. The summed E-state index contributed by atoms with van der Waals surface area (Å²) in [5.41, 5.74) is 0.196. The van der Waals surface area contributed by atoms with Crippen LogP contribution in [-0.2, 0) is 0 Å². The molecule has 3 aromatic rings. The van der Waals surface area contributed by atoms with Gasteiger partial charge in [-0.05, 0) is 24.3 Å². The summed E-state index contributed by atoms with van der Waals surface area (Å²) in [6.45, 7) is 0. The van der Waals surface area contributed by atoms with Crippen molar-refractivity contribution in [2.45, 2.75) is 0 Å². The third kappa shape index (κ3) is 2.01. The van der Waals surface area contributed by atoms with Gasteiger partial charge in [0.1, 0.15) is 5.82 Å². The molecule has 94 valence electrons. The highest BCUT2D eigenvalue weighted by atomic mass is 19.1. The molecule has 2 aromatic carbocycles. The van der Waals surface area contributed by atoms with Gasteiger partial charge in [0.2, 0.25) is 5.78 Å². The number of rotatable bonds is 2. The number of hydrogen-bond acceptors (Lipinski definition) is 2. The van der Waals surface area contributed by atoms with Crippen molar-refractivity contribution in [3.63, 3.8) is 0 Å². The molecule has 0 unspecified atom stereocenters. The van der Waals surface area contributed by atoms with Crippen LogP contribution < -0.4 is 0 Å². The van der Waals surface area contributed by atoms with Gasteiger partial charge >= 0.3 is 0 Å². The number of benzene rings is 2. The zero-order valence-corrected chi connectivity index (χ0v) is 9.69. The molecule has 19 heavy (non-hydrogen) atoms. The highest BCUT2D eigenvalue weighted by Gasteiger charge is 2.16. The average Bonchev–Trinajstić information content (AvgIpc) is 2.83. The van der Waals surface area contributed by atoms with Crippen LogP contribution in [0.1, 0.15) is 16.1 Å². The number of carbonyl (C=O) groups is 1. The molecule has 0 aliphatic heterocycles. The minimum absolute atomic E-state index is 0.00861. The molecular weight excluding hydrogens is 250 g/mol. The zero-order chi connectivity index (χ0) is 13.4. The molecule has 0 N–H and O–H groups in total. The minimum Gasteiger partial charge on any atom is -0.449 e. The molecule has 0 radical (unpaired) electrons. The molecule has 0 saturated heterocycles. The maximum absolute atomic E-state index is 13.5. The van der Waals surface area contributed by atoms with Gasteiger partial charge in [-0.2, -0.15) is 0 Å². The standard InChI is InChI=1S/C15H8F2O2/c16-11-5-1-3-9(7-11)14(18)13-8-10-4-2-6-12(17)15(10)19-13/h1-8H. The largest absolute Gasteiger partial charge is 0.449 e. The highest BCUT2D eigenvalue weighted by Crippen LogP contribution is 2.23. The summed E-state index contributed by atoms with van der Waals surface area (Å²) in [4.78, 5) is 12.1. The van der Waals surface area contributed by atoms with Gasteiger partial charge in [-0.15, -0.1) is 0 Å². The summed E-state index contributed by atoms with van der Waals surface area (Å²) < 4.78 is 31.7. The van der Waals surface area contributed by atoms with Crippen LogP contribution in [0.4, 0.5) is 8.78 Å². The predicted molar refractivity (Wildman–Crippen MR) is 66.0 cm³/mol. The Morgan fingerprint density at radius 1 is 1.00 bits per heavy atom. The number of fused-ring (bicyclic) bond motifs is 1. The first-order chi connectivity index (χ1) is 9.15. The van der Waals surface area contributed by atoms with Crippen LogP contribution in [0.15, 0.2) is 52.9 Å². The van der Waals surface area contributed by atoms with Crippen LogP contribution in [0, 0.1) is 11.6 Å². The first kappa shape index (κ1) is 11.6. The molecule has 0 atom stereocenters. The van der Waals surface area contributed by atoms with E-state index in [2.05, 4.69) is 0 Å². The molecular formula is C15H8F2O2. The van der Waals surface area contributed by atoms with Crippen molar-refractivity contribution in [1.29, 1.82) is 0 Å². The lowest BCUT2D eigenvalue weighted by Gasteiger charge is -1.97. The molecule has 3 rings (SSSR count). The zero-order valence-electron chi connectivity index (χ0n) is 9.69. The van der Waals surface area contributed by atoms with E-state index in [4.69, 9.17) is 4.42 Å². The van der Waals surface area contributed by atoms with Gasteiger partial charge in [0.05, 0.1) is 0 Å². The highest BCUT2D eigenvalue weighted by molar-refractivity contribution is 6.08. The second-order valence-electron chi connectivity index (χ2n) is 4.11. The monoisotopic (exact) mass is 258 g/mol. The average molecular weight is 258 g/mol. The molecule has 0 saturated carbocycles. The van der Waals surface area contributed by atoms with Gasteiger partial charge in [-0.25, -0.2) is 8.78 Å². The van der Waals surface area contributed by atoms with E-state index >= 15 is 0 Å². The third-order valence-electron chi connectivity index (χ3n) is 2.81. The lowest BCUT2D eigenvalue weighted by molar-refractivity contribution is 0.101. The van der Waals surface area contributed by atoms with Gasteiger partial charge < -0.3 is 4.42 Å². The number of ketones is 1. The molecule has 0 aliphatic carbocycles. The van der Waals surface area contributed by atoms with Crippen LogP contribution in [0.25, 0.3) is 11.0 Å². The van der Waals surface area contributed by atoms with Crippen molar-refractivity contribution >= 4 is 16.8 Å². The van der Waals surface area contributed by atoms with E-state index in [1.807, 2.05) is 0 Å². The topological polar surface area (TPSA) is 30.2 Å². The Morgan fingerprint density at radius 3 is 2.53 bits per heavy atom. The van der Waals surface area contributed by atoms with E-state index in [9.17, 15) is 13.6 Å². The first-order valence-corrected chi connectivity index (χ1v) is 5.63.